The number of nitrogens with zero attached hydrogens (tertiary/aromatic N) is 1. The van der Waals surface area contributed by atoms with Gasteiger partial charge in [0, 0.05) is 12.1 Å². The molecule has 0 radical (unpaired) electrons. The largest absolute Gasteiger partial charge is 0.606 e. The lowest BCUT2D eigenvalue weighted by Crippen LogP contribution is -2.78. The molecule has 3 saturated heterocycles. The Balaban J connectivity index is 1.54. The van der Waals surface area contributed by atoms with E-state index in [1.165, 1.54) is 12.1 Å². The number of rotatable bonds is 7. The van der Waals surface area contributed by atoms with E-state index in [2.05, 4.69) is 16.0 Å². The van der Waals surface area contributed by atoms with Gasteiger partial charge in [-0.05, 0) is 30.5 Å². The number of hydrogen-bond donors (Lipinski definition) is 3. The molecule has 0 aromatic heterocycles. The van der Waals surface area contributed by atoms with Crippen molar-refractivity contribution in [2.45, 2.75) is 38.3 Å². The fourth-order valence-electron chi connectivity index (χ4n) is 5.41. The zero-order valence-electron chi connectivity index (χ0n) is 19.1. The molecule has 0 bridgehead atoms. The van der Waals surface area contributed by atoms with Gasteiger partial charge in [-0.15, -0.1) is 0 Å². The first kappa shape index (κ1) is 24.8. The van der Waals surface area contributed by atoms with Crippen LogP contribution in [0.4, 0.5) is 0 Å². The normalized spacial score (nSPS) is 30.4. The third-order valence-corrected chi connectivity index (χ3v) is 7.64. The van der Waals surface area contributed by atoms with Crippen LogP contribution < -0.4 is 16.0 Å². The predicted molar refractivity (Wildman–Crippen MR) is 125 cm³/mol. The number of carbonyl (C=O) groups excluding carboxylic acids is 4. The Hall–Kier alpha value is -2.34. The fraction of sp³-hybridized carbons (Fsp3) is 0.524. The van der Waals surface area contributed by atoms with E-state index in [0.29, 0.717) is 24.5 Å². The minimum Gasteiger partial charge on any atom is -0.599 e. The van der Waals surface area contributed by atoms with Gasteiger partial charge in [0.15, 0.2) is 12.1 Å². The van der Waals surface area contributed by atoms with Crippen molar-refractivity contribution in [3.63, 3.8) is 0 Å². The Morgan fingerprint density at radius 2 is 1.79 bits per heavy atom. The van der Waals surface area contributed by atoms with E-state index in [0.717, 1.165) is 0 Å². The Bertz CT molecular complexity index is 1030. The van der Waals surface area contributed by atoms with E-state index < -0.39 is 48.5 Å². The molecule has 0 spiro atoms. The monoisotopic (exact) mass is 512 g/mol. The minimum absolute atomic E-state index is 0.0210. The van der Waals surface area contributed by atoms with Crippen LogP contribution in [0.5, 0.6) is 0 Å². The van der Waals surface area contributed by atoms with Gasteiger partial charge in [-0.1, -0.05) is 37.0 Å². The lowest BCUT2D eigenvalue weighted by atomic mass is 9.56. The second-order valence-corrected chi connectivity index (χ2v) is 10.5. The Labute approximate surface area is 207 Å². The molecule has 10 nitrogen and oxygen atoms in total. The maximum atomic E-state index is 12.9. The molecule has 4 rings (SSSR count). The highest BCUT2D eigenvalue weighted by Gasteiger charge is 2.77. The number of amides is 2. The van der Waals surface area contributed by atoms with Crippen LogP contribution in [0.3, 0.4) is 0 Å². The van der Waals surface area contributed by atoms with Gasteiger partial charge in [-0.2, -0.15) is 0 Å². The van der Waals surface area contributed by atoms with Gasteiger partial charge in [-0.25, -0.2) is 9.59 Å². The summed E-state index contributed by atoms with van der Waals surface area (Å²) in [6, 6.07) is 3.24. The number of hydrogen-bond acceptors (Lipinski definition) is 7. The highest BCUT2D eigenvalue weighted by molar-refractivity contribution is 6.68. The number of benzene rings is 1. The number of halogens is 2. The van der Waals surface area contributed by atoms with Gasteiger partial charge >= 0.3 is 18.6 Å². The molecule has 13 heteroatoms. The molecule has 3 aliphatic rings. The standard InChI is InChI=1S/C21H27BCl2N4O6/c1-11(2)6-17(27-18(29)10-26-19(30)13-7-12(23)4-5-14(13)24)22-28(3)15(20(31)33-22)8-25-9-16(28)21(32)34-22/h4-5,7,11,15-17,25H,6,8-10H2,1-3H3,(H,26,30)(H,27,29)/t15-,16-,17+,22?,28?/m1/s1. The van der Waals surface area contributed by atoms with Crippen LogP contribution in [0.2, 0.25) is 10.0 Å². The van der Waals surface area contributed by atoms with Crippen molar-refractivity contribution >= 4 is 53.6 Å². The molecule has 1 aromatic carbocycles. The van der Waals surface area contributed by atoms with E-state index in [-0.39, 0.29) is 27.4 Å². The van der Waals surface area contributed by atoms with Crippen LogP contribution in [0, 0.1) is 5.92 Å². The number of nitrogens with one attached hydrogen (secondary N) is 3. The lowest BCUT2D eigenvalue weighted by molar-refractivity contribution is -0.846. The fourth-order valence-corrected chi connectivity index (χ4v) is 5.79. The number of quaternary nitrogens is 1. The van der Waals surface area contributed by atoms with Crippen LogP contribution in [-0.4, -0.2) is 79.5 Å². The van der Waals surface area contributed by atoms with Crippen molar-refractivity contribution in [1.29, 1.82) is 0 Å². The van der Waals surface area contributed by atoms with Crippen LogP contribution in [0.25, 0.3) is 0 Å². The van der Waals surface area contributed by atoms with Gasteiger partial charge < -0.3 is 29.7 Å². The molecule has 184 valence electrons. The third-order valence-electron chi connectivity index (χ3n) is 7.07. The molecule has 34 heavy (non-hydrogen) atoms. The number of piperazine rings is 1. The van der Waals surface area contributed by atoms with E-state index in [1.807, 2.05) is 13.8 Å². The summed E-state index contributed by atoms with van der Waals surface area (Å²) in [5.41, 5.74) is 0.141. The molecular weight excluding hydrogens is 486 g/mol. The first-order chi connectivity index (χ1) is 16.0. The third kappa shape index (κ3) is 3.94. The average molecular weight is 513 g/mol. The summed E-state index contributed by atoms with van der Waals surface area (Å²) in [7, 11) is 1.79. The quantitative estimate of drug-likeness (QED) is 0.458. The molecule has 0 saturated carbocycles. The van der Waals surface area contributed by atoms with Crippen molar-refractivity contribution in [2.75, 3.05) is 26.7 Å². The maximum Gasteiger partial charge on any atom is 0.606 e. The number of carbonyl (C=O) groups is 4. The van der Waals surface area contributed by atoms with E-state index in [9.17, 15) is 19.2 Å². The van der Waals surface area contributed by atoms with Crippen molar-refractivity contribution in [2.24, 2.45) is 5.92 Å². The molecule has 3 fully saturated rings. The molecule has 3 atom stereocenters. The summed E-state index contributed by atoms with van der Waals surface area (Å²) in [6.45, 7) is 1.70. The van der Waals surface area contributed by atoms with Crippen molar-refractivity contribution in [1.82, 2.24) is 16.0 Å². The second kappa shape index (κ2) is 9.03. The molecule has 2 amide bonds. The summed E-state index contributed by atoms with van der Waals surface area (Å²) in [4.78, 5) is 51.0. The highest BCUT2D eigenvalue weighted by Crippen LogP contribution is 2.45. The zero-order chi connectivity index (χ0) is 24.8. The van der Waals surface area contributed by atoms with Gasteiger partial charge in [-0.3, -0.25) is 9.59 Å². The summed E-state index contributed by atoms with van der Waals surface area (Å²) in [5.74, 6) is -2.67. The molecule has 0 aliphatic carbocycles. The van der Waals surface area contributed by atoms with Gasteiger partial charge in [0.1, 0.15) is 0 Å². The zero-order valence-corrected chi connectivity index (χ0v) is 20.6. The first-order valence-electron chi connectivity index (χ1n) is 11.2. The average Bonchev–Trinajstić information content (AvgIpc) is 3.13. The molecule has 1 aromatic rings. The van der Waals surface area contributed by atoms with Crippen molar-refractivity contribution in [3.05, 3.63) is 33.8 Å². The SMILES string of the molecule is CC(C)C[C@H](NC(=O)CNC(=O)c1cc(Cl)ccc1Cl)[B-]12OC(=O)[C@H]3CNC[C@H](C(=O)O1)[N+]32C. The molecular formula is C21H27BCl2N4O6. The summed E-state index contributed by atoms with van der Waals surface area (Å²) in [6.07, 6.45) is 0.404. The van der Waals surface area contributed by atoms with E-state index >= 15 is 0 Å². The Kier molecular flexibility index (Phi) is 6.58. The van der Waals surface area contributed by atoms with Crippen LogP contribution in [0.1, 0.15) is 30.6 Å². The lowest BCUT2D eigenvalue weighted by Gasteiger charge is -2.51. The van der Waals surface area contributed by atoms with Gasteiger partial charge in [0.2, 0.25) is 5.91 Å². The Morgan fingerprint density at radius 3 is 2.38 bits per heavy atom. The number of likely N-dealkylation sites (N-methyl/N-ethyl adjacent to an activating group) is 1. The second-order valence-electron chi connectivity index (χ2n) is 9.62. The molecule has 3 N–H and O–H groups in total. The summed E-state index contributed by atoms with van der Waals surface area (Å²) >= 11 is 12.0. The topological polar surface area (TPSA) is 123 Å². The van der Waals surface area contributed by atoms with Gasteiger partial charge in [0.25, 0.3) is 5.91 Å². The first-order valence-corrected chi connectivity index (χ1v) is 11.9. The van der Waals surface area contributed by atoms with Crippen LogP contribution >= 0.6 is 23.2 Å². The van der Waals surface area contributed by atoms with E-state index in [1.54, 1.807) is 13.1 Å². The van der Waals surface area contributed by atoms with Crippen LogP contribution in [-0.2, 0) is 23.7 Å². The smallest absolute Gasteiger partial charge is 0.599 e. The summed E-state index contributed by atoms with van der Waals surface area (Å²) < 4.78 is 11.6. The summed E-state index contributed by atoms with van der Waals surface area (Å²) in [5, 5.41) is 9.02. The predicted octanol–water partition coefficient (Wildman–Crippen LogP) is 0.633. The highest BCUT2D eigenvalue weighted by atomic mass is 35.5. The maximum absolute atomic E-state index is 12.9. The van der Waals surface area contributed by atoms with E-state index in [4.69, 9.17) is 32.5 Å². The molecule has 3 heterocycles. The van der Waals surface area contributed by atoms with Crippen LogP contribution in [0.15, 0.2) is 18.2 Å². The molecule has 3 aliphatic heterocycles. The molecule has 0 unspecified atom stereocenters. The minimum atomic E-state index is -2.55. The van der Waals surface area contributed by atoms with Crippen molar-refractivity contribution in [3.8, 4) is 0 Å². The Morgan fingerprint density at radius 1 is 1.18 bits per heavy atom. The van der Waals surface area contributed by atoms with Crippen molar-refractivity contribution < 1.29 is 32.9 Å². The van der Waals surface area contributed by atoms with Gasteiger partial charge in [0.05, 0.1) is 36.2 Å².